The van der Waals surface area contributed by atoms with Crippen LogP contribution in [0.2, 0.25) is 0 Å². The van der Waals surface area contributed by atoms with Gasteiger partial charge < -0.3 is 0 Å². The van der Waals surface area contributed by atoms with Crippen LogP contribution in [-0.2, 0) is 19.2 Å². The van der Waals surface area contributed by atoms with Crippen LogP contribution in [0.25, 0.3) is 0 Å². The average Bonchev–Trinajstić information content (AvgIpc) is 3.31. The summed E-state index contributed by atoms with van der Waals surface area (Å²) < 4.78 is 51.8. The quantitative estimate of drug-likeness (QED) is 0.0394. The van der Waals surface area contributed by atoms with Gasteiger partial charge in [-0.1, -0.05) is 0 Å². The maximum atomic E-state index is 14.8. The van der Waals surface area contributed by atoms with Crippen molar-refractivity contribution in [2.24, 2.45) is 0 Å². The summed E-state index contributed by atoms with van der Waals surface area (Å²) in [5.74, 6) is -1.20. The molecule has 1 N–H and O–H groups in total. The van der Waals surface area contributed by atoms with Crippen LogP contribution in [0.15, 0.2) is 23.1 Å². The topological polar surface area (TPSA) is 107 Å². The number of benzene rings is 1. The molecule has 66 heavy (non-hydrogen) atoms. The van der Waals surface area contributed by atoms with Crippen molar-refractivity contribution in [3.63, 3.8) is 0 Å². The molecule has 0 aliphatic heterocycles. The first-order valence-electron chi connectivity index (χ1n) is 28.3. The molecular weight excluding hydrogens is 879 g/mol. The van der Waals surface area contributed by atoms with Gasteiger partial charge in [0.2, 0.25) is 0 Å². The Labute approximate surface area is 409 Å². The number of hydrogen-bond acceptors (Lipinski definition) is 6. The van der Waals surface area contributed by atoms with Crippen molar-refractivity contribution < 1.29 is 31.6 Å². The number of carbonyl (C=O) groups is 2. The second kappa shape index (κ2) is 35.1. The molecular formula is C56H108O7P2S. The third-order valence-corrected chi connectivity index (χ3v) is 28.9. The van der Waals surface area contributed by atoms with Crippen molar-refractivity contribution in [3.8, 4) is 0 Å². The van der Waals surface area contributed by atoms with Crippen LogP contribution in [0.1, 0.15) is 282 Å². The maximum absolute atomic E-state index is 14.8. The fourth-order valence-corrected chi connectivity index (χ4v) is 24.7. The van der Waals surface area contributed by atoms with E-state index in [2.05, 4.69) is 55.4 Å². The van der Waals surface area contributed by atoms with Gasteiger partial charge in [0.05, 0.1) is 0 Å². The molecule has 0 aromatic heterocycles. The van der Waals surface area contributed by atoms with Crippen molar-refractivity contribution in [2.75, 3.05) is 49.3 Å². The molecule has 0 saturated heterocycles. The normalized spacial score (nSPS) is 13.5. The van der Waals surface area contributed by atoms with Gasteiger partial charge in [-0.3, -0.25) is 0 Å². The van der Waals surface area contributed by atoms with Gasteiger partial charge in [-0.25, -0.2) is 0 Å². The standard InChI is InChI=1S/C56H108O7P2S/c1-9-17-25-27-29-31-33-35-37-39-49-64(43-19-11-3,44-20-12-4,45-21-13-5)62-55(57)52-41-42-53(54(51-52)66(59,60)61)56(58)63-65(46-22-14-6,47-23-15-7,48-24-16-8)50-40-38-36-34-32-30-28-26-18-10-2/h41-42,51H,9-40,43-50H2,1-8H3,(H,59,60,61). The SMILES string of the molecule is CCCCCCCCCCCCP(CCCC)(CCCC)(CCCC)OC(=O)c1ccc(C(=O)OP(CCCC)(CCCC)(CCCC)CCCCCCCCCCCC)c(S(=O)(=O)O)c1. The molecule has 1 aromatic rings. The van der Waals surface area contributed by atoms with Crippen LogP contribution in [0.3, 0.4) is 0 Å². The van der Waals surface area contributed by atoms with Gasteiger partial charge in [0.15, 0.2) is 0 Å². The second-order valence-corrected chi connectivity index (χ2v) is 33.7. The van der Waals surface area contributed by atoms with E-state index in [1.165, 1.54) is 115 Å². The van der Waals surface area contributed by atoms with E-state index in [1.54, 1.807) is 6.07 Å². The van der Waals surface area contributed by atoms with Gasteiger partial charge in [-0.15, -0.1) is 0 Å². The van der Waals surface area contributed by atoms with Crippen LogP contribution >= 0.6 is 13.7 Å². The summed E-state index contributed by atoms with van der Waals surface area (Å²) in [6.45, 7) is 11.4. The molecule has 390 valence electrons. The molecule has 7 nitrogen and oxygen atoms in total. The van der Waals surface area contributed by atoms with Gasteiger partial charge in [0, 0.05) is 0 Å². The van der Waals surface area contributed by atoms with E-state index in [4.69, 9.17) is 9.05 Å². The predicted molar refractivity (Wildman–Crippen MR) is 293 cm³/mol. The van der Waals surface area contributed by atoms with E-state index in [0.717, 1.165) is 152 Å². The Kier molecular flexibility index (Phi) is 33.5. The fraction of sp³-hybridized carbons (Fsp3) is 0.857. The Morgan fingerprint density at radius 3 is 0.939 bits per heavy atom. The monoisotopic (exact) mass is 987 g/mol. The molecule has 0 bridgehead atoms. The van der Waals surface area contributed by atoms with Gasteiger partial charge in [-0.05, 0) is 0 Å². The van der Waals surface area contributed by atoms with E-state index < -0.39 is 40.6 Å². The average molecular weight is 987 g/mol. The van der Waals surface area contributed by atoms with Crippen molar-refractivity contribution in [1.82, 2.24) is 0 Å². The molecule has 0 fully saturated rings. The molecule has 10 heteroatoms. The summed E-state index contributed by atoms with van der Waals surface area (Å²) in [5.41, 5.74) is -0.104. The third-order valence-electron chi connectivity index (χ3n) is 15.0. The molecule has 0 aliphatic rings. The molecule has 0 atom stereocenters. The zero-order valence-corrected chi connectivity index (χ0v) is 47.3. The number of hydrogen-bond donors (Lipinski definition) is 1. The fourth-order valence-electron chi connectivity index (χ4n) is 10.7. The molecule has 0 amide bonds. The molecule has 0 saturated carbocycles. The zero-order valence-electron chi connectivity index (χ0n) is 44.7. The Hall–Kier alpha value is -1.07. The third kappa shape index (κ3) is 23.2. The van der Waals surface area contributed by atoms with Crippen molar-refractivity contribution in [3.05, 3.63) is 29.3 Å². The van der Waals surface area contributed by atoms with Gasteiger partial charge in [0.25, 0.3) is 0 Å². The van der Waals surface area contributed by atoms with E-state index >= 15 is 0 Å². The summed E-state index contributed by atoms with van der Waals surface area (Å²) in [7, 11) is -4.92. The molecule has 0 radical (unpaired) electrons. The Morgan fingerprint density at radius 1 is 0.394 bits per heavy atom. The van der Waals surface area contributed by atoms with Crippen LogP contribution in [0.5, 0.6) is 0 Å². The summed E-state index contributed by atoms with van der Waals surface area (Å²) in [6.07, 6.45) is 43.5. The molecule has 0 spiro atoms. The number of carbonyl (C=O) groups excluding carboxylic acids is 2. The summed E-state index contributed by atoms with van der Waals surface area (Å²) >= 11 is 0. The first-order valence-corrected chi connectivity index (χ1v) is 35.6. The van der Waals surface area contributed by atoms with Crippen molar-refractivity contribution in [2.45, 2.75) is 266 Å². The minimum absolute atomic E-state index is 0.0755. The molecule has 0 unspecified atom stereocenters. The summed E-state index contributed by atoms with van der Waals surface area (Å²) in [5, 5.41) is 0. The molecule has 1 rings (SSSR count). The Morgan fingerprint density at radius 2 is 0.652 bits per heavy atom. The number of rotatable bonds is 45. The summed E-state index contributed by atoms with van der Waals surface area (Å²) in [4.78, 5) is 29.0. The van der Waals surface area contributed by atoms with E-state index in [0.29, 0.717) is 0 Å². The first-order chi connectivity index (χ1) is 31.7. The van der Waals surface area contributed by atoms with Crippen LogP contribution < -0.4 is 0 Å². The van der Waals surface area contributed by atoms with E-state index in [9.17, 15) is 22.6 Å². The van der Waals surface area contributed by atoms with Crippen molar-refractivity contribution >= 4 is 35.7 Å². The molecule has 0 aliphatic carbocycles. The second-order valence-electron chi connectivity index (χ2n) is 20.9. The van der Waals surface area contributed by atoms with Gasteiger partial charge >= 0.3 is 412 Å². The van der Waals surface area contributed by atoms with Crippen LogP contribution in [-0.4, -0.2) is 74.2 Å². The van der Waals surface area contributed by atoms with Gasteiger partial charge in [-0.2, -0.15) is 0 Å². The van der Waals surface area contributed by atoms with Crippen LogP contribution in [0, 0.1) is 0 Å². The number of unbranched alkanes of at least 4 members (excludes halogenated alkanes) is 24. The van der Waals surface area contributed by atoms with Gasteiger partial charge in [0.1, 0.15) is 0 Å². The van der Waals surface area contributed by atoms with E-state index in [1.807, 2.05) is 0 Å². The van der Waals surface area contributed by atoms with Crippen molar-refractivity contribution in [1.29, 1.82) is 0 Å². The van der Waals surface area contributed by atoms with Crippen LogP contribution in [0.4, 0.5) is 0 Å². The Balaban J connectivity index is 3.67. The Bertz CT molecular complexity index is 1500. The zero-order chi connectivity index (χ0) is 49.1. The predicted octanol–water partition coefficient (Wildman–Crippen LogP) is 18.8. The minimum atomic E-state index is -4.92. The first kappa shape index (κ1) is 62.9. The molecule has 1 aromatic carbocycles. The summed E-state index contributed by atoms with van der Waals surface area (Å²) in [6, 6.07) is 4.19. The van der Waals surface area contributed by atoms with E-state index in [-0.39, 0.29) is 11.1 Å². The molecule has 0 heterocycles.